The van der Waals surface area contributed by atoms with Crippen LogP contribution in [0.4, 0.5) is 13.9 Å². The van der Waals surface area contributed by atoms with E-state index < -0.39 is 12.0 Å². The molecule has 0 spiro atoms. The number of alkyl halides is 1. The van der Waals surface area contributed by atoms with Crippen molar-refractivity contribution in [3.8, 4) is 0 Å². The van der Waals surface area contributed by atoms with Crippen LogP contribution in [0.1, 0.15) is 41.4 Å². The van der Waals surface area contributed by atoms with Gasteiger partial charge in [0.25, 0.3) is 5.91 Å². The molecule has 4 rings (SSSR count). The minimum absolute atomic E-state index is 0.0324. The van der Waals surface area contributed by atoms with Gasteiger partial charge in [0.05, 0.1) is 12.7 Å². The maximum Gasteiger partial charge on any atom is 0.263 e. The molecular formula is C22H27ClF2N4OS. The van der Waals surface area contributed by atoms with Gasteiger partial charge in [0.15, 0.2) is 5.13 Å². The van der Waals surface area contributed by atoms with Crippen LogP contribution in [0.5, 0.6) is 0 Å². The zero-order valence-electron chi connectivity index (χ0n) is 17.5. The van der Waals surface area contributed by atoms with Crippen LogP contribution in [0.2, 0.25) is 5.02 Å². The van der Waals surface area contributed by atoms with E-state index in [4.69, 9.17) is 11.6 Å². The Morgan fingerprint density at radius 2 is 2.16 bits per heavy atom. The zero-order valence-corrected chi connectivity index (χ0v) is 19.1. The van der Waals surface area contributed by atoms with E-state index in [9.17, 15) is 9.18 Å². The van der Waals surface area contributed by atoms with Crippen LogP contribution in [-0.2, 0) is 6.54 Å². The van der Waals surface area contributed by atoms with Crippen molar-refractivity contribution in [1.29, 1.82) is 0 Å². The van der Waals surface area contributed by atoms with Crippen molar-refractivity contribution in [1.82, 2.24) is 15.2 Å². The third-order valence-electron chi connectivity index (χ3n) is 6.10. The summed E-state index contributed by atoms with van der Waals surface area (Å²) in [6.45, 7) is 5.22. The molecule has 2 saturated heterocycles. The molecule has 3 atom stereocenters. The van der Waals surface area contributed by atoms with Gasteiger partial charge in [-0.2, -0.15) is 0 Å². The number of piperidine rings is 2. The molecule has 5 nitrogen and oxygen atoms in total. The highest BCUT2D eigenvalue weighted by molar-refractivity contribution is 7.17. The minimum Gasteiger partial charge on any atom is -0.347 e. The number of halogens is 3. The first-order chi connectivity index (χ1) is 14.9. The van der Waals surface area contributed by atoms with E-state index in [1.165, 1.54) is 42.2 Å². The van der Waals surface area contributed by atoms with E-state index in [1.54, 1.807) is 0 Å². The summed E-state index contributed by atoms with van der Waals surface area (Å²) in [5.41, 5.74) is 0.319. The third-order valence-corrected chi connectivity index (χ3v) is 7.39. The molecule has 168 valence electrons. The van der Waals surface area contributed by atoms with Crippen molar-refractivity contribution in [3.63, 3.8) is 0 Å². The number of carbonyl (C=O) groups is 1. The van der Waals surface area contributed by atoms with Crippen molar-refractivity contribution < 1.29 is 13.6 Å². The number of likely N-dealkylation sites (tertiary alicyclic amines) is 1. The molecule has 2 aliphatic rings. The Labute approximate surface area is 190 Å². The number of benzene rings is 1. The maximum atomic E-state index is 15.0. The predicted octanol–water partition coefficient (Wildman–Crippen LogP) is 4.51. The van der Waals surface area contributed by atoms with Gasteiger partial charge >= 0.3 is 0 Å². The van der Waals surface area contributed by atoms with Gasteiger partial charge in [0, 0.05) is 36.3 Å². The zero-order chi connectivity index (χ0) is 22.0. The number of nitrogens with one attached hydrogen (secondary N) is 1. The summed E-state index contributed by atoms with van der Waals surface area (Å²) in [4.78, 5) is 21.5. The molecule has 1 aromatic heterocycles. The predicted molar refractivity (Wildman–Crippen MR) is 120 cm³/mol. The number of thiazole rings is 1. The number of hydrogen-bond donors (Lipinski definition) is 1. The first-order valence-electron chi connectivity index (χ1n) is 10.7. The Kier molecular flexibility index (Phi) is 7.08. The van der Waals surface area contributed by atoms with E-state index in [0.717, 1.165) is 32.5 Å². The van der Waals surface area contributed by atoms with Crippen molar-refractivity contribution in [2.24, 2.45) is 5.92 Å². The number of rotatable bonds is 5. The lowest BCUT2D eigenvalue weighted by atomic mass is 9.94. The van der Waals surface area contributed by atoms with E-state index in [1.807, 2.05) is 4.90 Å². The molecule has 9 heteroatoms. The minimum atomic E-state index is -0.939. The molecule has 2 unspecified atom stereocenters. The van der Waals surface area contributed by atoms with Crippen molar-refractivity contribution in [3.05, 3.63) is 45.7 Å². The number of anilines is 1. The molecular weight excluding hydrogens is 442 g/mol. The number of hydrogen-bond acceptors (Lipinski definition) is 5. The van der Waals surface area contributed by atoms with Crippen LogP contribution < -0.4 is 10.2 Å². The molecule has 3 heterocycles. The molecule has 0 saturated carbocycles. The van der Waals surface area contributed by atoms with Crippen LogP contribution in [-0.4, -0.2) is 54.2 Å². The Balaban J connectivity index is 1.33. The van der Waals surface area contributed by atoms with E-state index >= 15 is 4.39 Å². The topological polar surface area (TPSA) is 48.5 Å². The molecule has 0 aliphatic carbocycles. The Morgan fingerprint density at radius 3 is 2.94 bits per heavy atom. The molecule has 0 bridgehead atoms. The molecule has 31 heavy (non-hydrogen) atoms. The first kappa shape index (κ1) is 22.4. The fraction of sp³-hybridized carbons (Fsp3) is 0.545. The van der Waals surface area contributed by atoms with Crippen molar-refractivity contribution >= 4 is 34.0 Å². The number of amides is 1. The summed E-state index contributed by atoms with van der Waals surface area (Å²) in [5, 5.41) is 3.75. The lowest BCUT2D eigenvalue weighted by Crippen LogP contribution is -2.54. The van der Waals surface area contributed by atoms with Gasteiger partial charge in [-0.25, -0.2) is 13.8 Å². The molecule has 0 radical (unpaired) electrons. The normalized spacial score (nSPS) is 24.9. The van der Waals surface area contributed by atoms with Crippen LogP contribution in [0.25, 0.3) is 0 Å². The largest absolute Gasteiger partial charge is 0.347 e. The Morgan fingerprint density at radius 1 is 1.32 bits per heavy atom. The fourth-order valence-corrected chi connectivity index (χ4v) is 5.52. The monoisotopic (exact) mass is 468 g/mol. The first-order valence-corrected chi connectivity index (χ1v) is 11.9. The second-order valence-corrected chi connectivity index (χ2v) is 9.93. The van der Waals surface area contributed by atoms with Crippen LogP contribution >= 0.6 is 22.9 Å². The molecule has 1 aromatic carbocycles. The van der Waals surface area contributed by atoms with Gasteiger partial charge in [-0.15, -0.1) is 0 Å². The standard InChI is InChI=1S/C22H27ClF2N4OS/c1-14-3-2-7-28(12-14)19-6-8-29(13-18(19)25)22-27-11-20(31-22)21(30)26-10-15-9-16(23)4-5-17(15)24/h4-5,9,11,14,18-19H,2-3,6-8,10,12-13H2,1H3,(H,26,30)/t14-,18?,19?/m1/s1. The van der Waals surface area contributed by atoms with Crippen LogP contribution in [0.15, 0.2) is 24.4 Å². The summed E-state index contributed by atoms with van der Waals surface area (Å²) in [6.07, 6.45) is 3.67. The van der Waals surface area contributed by atoms with Crippen molar-refractivity contribution in [2.45, 2.75) is 44.9 Å². The van der Waals surface area contributed by atoms with Gasteiger partial charge in [0.2, 0.25) is 0 Å². The lowest BCUT2D eigenvalue weighted by Gasteiger charge is -2.43. The molecule has 2 aromatic rings. The van der Waals surface area contributed by atoms with Crippen molar-refractivity contribution in [2.75, 3.05) is 31.1 Å². The van der Waals surface area contributed by atoms with Gasteiger partial charge in [-0.05, 0) is 49.9 Å². The summed E-state index contributed by atoms with van der Waals surface area (Å²) < 4.78 is 28.8. The fourth-order valence-electron chi connectivity index (χ4n) is 4.46. The highest BCUT2D eigenvalue weighted by Gasteiger charge is 2.35. The highest BCUT2D eigenvalue weighted by Crippen LogP contribution is 2.30. The van der Waals surface area contributed by atoms with E-state index in [-0.39, 0.29) is 25.0 Å². The highest BCUT2D eigenvalue weighted by atomic mass is 35.5. The van der Waals surface area contributed by atoms with Crippen LogP contribution in [0, 0.1) is 11.7 Å². The summed E-state index contributed by atoms with van der Waals surface area (Å²) in [7, 11) is 0. The Hall–Kier alpha value is -1.77. The number of aromatic nitrogens is 1. The quantitative estimate of drug-likeness (QED) is 0.701. The average molecular weight is 469 g/mol. The molecule has 2 fully saturated rings. The van der Waals surface area contributed by atoms with Gasteiger partial charge in [-0.1, -0.05) is 29.9 Å². The summed E-state index contributed by atoms with van der Waals surface area (Å²) >= 11 is 7.12. The summed E-state index contributed by atoms with van der Waals surface area (Å²) in [6, 6.07) is 4.19. The number of nitrogens with zero attached hydrogens (tertiary/aromatic N) is 3. The summed E-state index contributed by atoms with van der Waals surface area (Å²) in [5.74, 6) is -0.133. The van der Waals surface area contributed by atoms with E-state index in [0.29, 0.717) is 26.5 Å². The van der Waals surface area contributed by atoms with Gasteiger partial charge in [0.1, 0.15) is 16.9 Å². The van der Waals surface area contributed by atoms with Gasteiger partial charge in [-0.3, -0.25) is 9.69 Å². The third kappa shape index (κ3) is 5.35. The molecule has 2 aliphatic heterocycles. The van der Waals surface area contributed by atoms with Gasteiger partial charge < -0.3 is 10.2 Å². The maximum absolute atomic E-state index is 15.0. The smallest absolute Gasteiger partial charge is 0.263 e. The molecule has 1 N–H and O–H groups in total. The van der Waals surface area contributed by atoms with E-state index in [2.05, 4.69) is 22.1 Å². The number of carbonyl (C=O) groups excluding carboxylic acids is 1. The second kappa shape index (κ2) is 9.79. The lowest BCUT2D eigenvalue weighted by molar-refractivity contribution is 0.0596. The molecule has 1 amide bonds. The Bertz CT molecular complexity index is 927. The SMILES string of the molecule is C[C@@H]1CCCN(C2CCN(c3ncc(C(=O)NCc4cc(Cl)ccc4F)s3)CC2F)C1. The average Bonchev–Trinajstić information content (AvgIpc) is 3.24. The van der Waals surface area contributed by atoms with Crippen LogP contribution in [0.3, 0.4) is 0 Å². The second-order valence-electron chi connectivity index (χ2n) is 8.49.